The van der Waals surface area contributed by atoms with E-state index in [1.54, 1.807) is 4.68 Å². The monoisotopic (exact) mass is 239 g/mol. The van der Waals surface area contributed by atoms with E-state index in [2.05, 4.69) is 23.9 Å². The molecule has 1 aromatic rings. The highest BCUT2D eigenvalue weighted by atomic mass is 16.4. The lowest BCUT2D eigenvalue weighted by molar-refractivity contribution is -0.137. The Morgan fingerprint density at radius 3 is 2.71 bits per heavy atom. The molecule has 0 bridgehead atoms. The summed E-state index contributed by atoms with van der Waals surface area (Å²) in [5.74, 6) is 1.66. The van der Waals surface area contributed by atoms with Gasteiger partial charge in [-0.2, -0.15) is 5.10 Å². The van der Waals surface area contributed by atoms with Gasteiger partial charge in [-0.15, -0.1) is 0 Å². The Morgan fingerprint density at radius 2 is 2.12 bits per heavy atom. The van der Waals surface area contributed by atoms with Gasteiger partial charge in [-0.05, 0) is 18.8 Å². The van der Waals surface area contributed by atoms with Crippen molar-refractivity contribution in [2.75, 3.05) is 0 Å². The molecule has 0 atom stereocenters. The van der Waals surface area contributed by atoms with Crippen molar-refractivity contribution < 1.29 is 9.90 Å². The molecule has 1 heterocycles. The Balaban J connectivity index is 2.42. The quantitative estimate of drug-likeness (QED) is 0.737. The minimum Gasteiger partial charge on any atom is -0.481 e. The highest BCUT2D eigenvalue weighted by molar-refractivity contribution is 5.66. The summed E-state index contributed by atoms with van der Waals surface area (Å²) in [7, 11) is 1.89. The Hall–Kier alpha value is -1.39. The molecular formula is C12H21N3O2. The minimum absolute atomic E-state index is 0.233. The zero-order valence-electron chi connectivity index (χ0n) is 10.8. The van der Waals surface area contributed by atoms with Gasteiger partial charge in [0.25, 0.3) is 0 Å². The van der Waals surface area contributed by atoms with E-state index in [0.29, 0.717) is 12.3 Å². The predicted molar refractivity (Wildman–Crippen MR) is 64.7 cm³/mol. The van der Waals surface area contributed by atoms with Gasteiger partial charge < -0.3 is 5.11 Å². The summed E-state index contributed by atoms with van der Waals surface area (Å²) >= 11 is 0. The molecule has 96 valence electrons. The van der Waals surface area contributed by atoms with E-state index in [9.17, 15) is 4.79 Å². The van der Waals surface area contributed by atoms with Gasteiger partial charge in [0, 0.05) is 26.3 Å². The summed E-state index contributed by atoms with van der Waals surface area (Å²) in [5, 5.41) is 12.9. The second-order valence-corrected chi connectivity index (χ2v) is 4.77. The molecule has 0 saturated carbocycles. The number of aromatic nitrogens is 3. The number of rotatable bonds is 7. The van der Waals surface area contributed by atoms with Crippen LogP contribution in [0.25, 0.3) is 0 Å². The minimum atomic E-state index is -0.733. The number of carbonyl (C=O) groups is 1. The molecule has 5 heteroatoms. The van der Waals surface area contributed by atoms with Gasteiger partial charge in [-0.1, -0.05) is 13.8 Å². The molecule has 0 spiro atoms. The smallest absolute Gasteiger partial charge is 0.303 e. The van der Waals surface area contributed by atoms with E-state index >= 15 is 0 Å². The third-order valence-corrected chi connectivity index (χ3v) is 2.53. The Bertz CT molecular complexity index is 372. The van der Waals surface area contributed by atoms with Crippen molar-refractivity contribution >= 4 is 5.97 Å². The SMILES string of the molecule is CC(C)Cc1nc(CCCCC(=O)O)n(C)n1. The van der Waals surface area contributed by atoms with Crippen LogP contribution in [0.5, 0.6) is 0 Å². The van der Waals surface area contributed by atoms with Gasteiger partial charge in [0.1, 0.15) is 5.82 Å². The molecule has 0 aromatic carbocycles. The lowest BCUT2D eigenvalue weighted by Gasteiger charge is -1.98. The van der Waals surface area contributed by atoms with E-state index < -0.39 is 5.97 Å². The van der Waals surface area contributed by atoms with Crippen molar-refractivity contribution in [2.24, 2.45) is 13.0 Å². The average molecular weight is 239 g/mol. The molecule has 0 radical (unpaired) electrons. The summed E-state index contributed by atoms with van der Waals surface area (Å²) in [5.41, 5.74) is 0. The summed E-state index contributed by atoms with van der Waals surface area (Å²) in [4.78, 5) is 14.8. The zero-order chi connectivity index (χ0) is 12.8. The van der Waals surface area contributed by atoms with Gasteiger partial charge in [-0.25, -0.2) is 4.98 Å². The molecule has 5 nitrogen and oxygen atoms in total. The average Bonchev–Trinajstić information content (AvgIpc) is 2.52. The number of hydrogen-bond acceptors (Lipinski definition) is 3. The van der Waals surface area contributed by atoms with Crippen LogP contribution in [0.4, 0.5) is 0 Å². The second kappa shape index (κ2) is 6.37. The molecule has 17 heavy (non-hydrogen) atoms. The van der Waals surface area contributed by atoms with Crippen LogP contribution in [0.15, 0.2) is 0 Å². The van der Waals surface area contributed by atoms with Gasteiger partial charge in [0.05, 0.1) is 0 Å². The van der Waals surface area contributed by atoms with Crippen LogP contribution >= 0.6 is 0 Å². The Kier molecular flexibility index (Phi) is 5.12. The van der Waals surface area contributed by atoms with Gasteiger partial charge in [0.15, 0.2) is 5.82 Å². The maximum atomic E-state index is 10.4. The maximum absolute atomic E-state index is 10.4. The normalized spacial score (nSPS) is 11.1. The van der Waals surface area contributed by atoms with Crippen molar-refractivity contribution in [3.63, 3.8) is 0 Å². The first-order valence-electron chi connectivity index (χ1n) is 6.09. The van der Waals surface area contributed by atoms with Gasteiger partial charge in [0.2, 0.25) is 0 Å². The van der Waals surface area contributed by atoms with Crippen LogP contribution in [0, 0.1) is 5.92 Å². The molecule has 0 aliphatic heterocycles. The van der Waals surface area contributed by atoms with Crippen LogP contribution in [0.2, 0.25) is 0 Å². The lowest BCUT2D eigenvalue weighted by atomic mass is 10.1. The topological polar surface area (TPSA) is 68.0 Å². The van der Waals surface area contributed by atoms with E-state index in [-0.39, 0.29) is 6.42 Å². The molecule has 0 fully saturated rings. The summed E-state index contributed by atoms with van der Waals surface area (Å²) in [6, 6.07) is 0. The fourth-order valence-corrected chi connectivity index (χ4v) is 1.70. The van der Waals surface area contributed by atoms with Crippen molar-refractivity contribution in [1.29, 1.82) is 0 Å². The Morgan fingerprint density at radius 1 is 1.41 bits per heavy atom. The molecular weight excluding hydrogens is 218 g/mol. The predicted octanol–water partition coefficient (Wildman–Crippen LogP) is 1.81. The molecule has 0 amide bonds. The number of aliphatic carboxylic acids is 1. The van der Waals surface area contributed by atoms with Crippen LogP contribution in [-0.4, -0.2) is 25.8 Å². The van der Waals surface area contributed by atoms with Crippen molar-refractivity contribution in [1.82, 2.24) is 14.8 Å². The number of aryl methyl sites for hydroxylation is 2. The summed E-state index contributed by atoms with van der Waals surface area (Å²) < 4.78 is 1.80. The first-order chi connectivity index (χ1) is 7.99. The molecule has 0 saturated heterocycles. The van der Waals surface area contributed by atoms with Gasteiger partial charge >= 0.3 is 5.97 Å². The van der Waals surface area contributed by atoms with Crippen LogP contribution in [0.1, 0.15) is 44.8 Å². The lowest BCUT2D eigenvalue weighted by Crippen LogP contribution is -2.01. The van der Waals surface area contributed by atoms with Crippen molar-refractivity contribution in [3.8, 4) is 0 Å². The molecule has 0 aliphatic carbocycles. The third kappa shape index (κ3) is 4.97. The van der Waals surface area contributed by atoms with Crippen molar-refractivity contribution in [3.05, 3.63) is 11.6 Å². The first-order valence-corrected chi connectivity index (χ1v) is 6.09. The first kappa shape index (κ1) is 13.7. The summed E-state index contributed by atoms with van der Waals surface area (Å²) in [6.45, 7) is 4.28. The largest absolute Gasteiger partial charge is 0.481 e. The van der Waals surface area contributed by atoms with E-state index in [1.165, 1.54) is 0 Å². The number of carboxylic acid groups (broad SMARTS) is 1. The summed E-state index contributed by atoms with van der Waals surface area (Å²) in [6.07, 6.45) is 3.47. The third-order valence-electron chi connectivity index (χ3n) is 2.53. The second-order valence-electron chi connectivity index (χ2n) is 4.77. The van der Waals surface area contributed by atoms with Gasteiger partial charge in [-0.3, -0.25) is 9.48 Å². The fraction of sp³-hybridized carbons (Fsp3) is 0.750. The molecule has 0 unspecified atom stereocenters. The number of hydrogen-bond donors (Lipinski definition) is 1. The van der Waals surface area contributed by atoms with E-state index in [4.69, 9.17) is 5.11 Å². The number of unbranched alkanes of at least 4 members (excludes halogenated alkanes) is 1. The zero-order valence-corrected chi connectivity index (χ0v) is 10.8. The van der Waals surface area contributed by atoms with E-state index in [0.717, 1.165) is 30.9 Å². The van der Waals surface area contributed by atoms with Crippen LogP contribution < -0.4 is 0 Å². The Labute approximate surface area is 102 Å². The van der Waals surface area contributed by atoms with Crippen molar-refractivity contribution in [2.45, 2.75) is 46.0 Å². The highest BCUT2D eigenvalue weighted by Gasteiger charge is 2.08. The molecule has 1 rings (SSSR count). The maximum Gasteiger partial charge on any atom is 0.303 e. The molecule has 1 aromatic heterocycles. The van der Waals surface area contributed by atoms with Crippen LogP contribution in [0.3, 0.4) is 0 Å². The highest BCUT2D eigenvalue weighted by Crippen LogP contribution is 2.07. The number of nitrogens with zero attached hydrogens (tertiary/aromatic N) is 3. The standard InChI is InChI=1S/C12H21N3O2/c1-9(2)8-10-13-11(15(3)14-10)6-4-5-7-12(16)17/h9H,4-8H2,1-3H3,(H,16,17). The van der Waals surface area contributed by atoms with E-state index in [1.807, 2.05) is 7.05 Å². The molecule has 0 aliphatic rings. The van der Waals surface area contributed by atoms with Crippen LogP contribution in [-0.2, 0) is 24.7 Å². The fourth-order valence-electron chi connectivity index (χ4n) is 1.70. The molecule has 1 N–H and O–H groups in total. The number of carboxylic acids is 1.